The van der Waals surface area contributed by atoms with Gasteiger partial charge in [0.05, 0.1) is 6.04 Å². The van der Waals surface area contributed by atoms with Gasteiger partial charge in [-0.15, -0.1) is 0 Å². The third-order valence-corrected chi connectivity index (χ3v) is 2.62. The number of ether oxygens (including phenoxy) is 1. The number of hydrogen-bond acceptors (Lipinski definition) is 3. The predicted octanol–water partition coefficient (Wildman–Crippen LogP) is -0.0667. The van der Waals surface area contributed by atoms with Crippen LogP contribution in [-0.4, -0.2) is 47.3 Å². The fourth-order valence-corrected chi connectivity index (χ4v) is 1.73. The van der Waals surface area contributed by atoms with E-state index in [0.717, 1.165) is 5.46 Å². The third kappa shape index (κ3) is 2.81. The van der Waals surface area contributed by atoms with Crippen LogP contribution in [0.4, 0.5) is 4.79 Å². The van der Waals surface area contributed by atoms with Crippen LogP contribution in [0.1, 0.15) is 26.8 Å². The van der Waals surface area contributed by atoms with E-state index in [1.807, 2.05) is 45.7 Å². The molecule has 0 unspecified atom stereocenters. The van der Waals surface area contributed by atoms with Crippen molar-refractivity contribution in [1.29, 1.82) is 0 Å². The van der Waals surface area contributed by atoms with E-state index in [1.54, 1.807) is 4.90 Å². The summed E-state index contributed by atoms with van der Waals surface area (Å²) >= 11 is 0. The first-order valence-corrected chi connectivity index (χ1v) is 5.84. The van der Waals surface area contributed by atoms with Gasteiger partial charge in [0.1, 0.15) is 13.4 Å². The molecule has 1 saturated heterocycles. The minimum atomic E-state index is -0.426. The lowest BCUT2D eigenvalue weighted by Crippen LogP contribution is -2.52. The van der Waals surface area contributed by atoms with Crippen molar-refractivity contribution in [3.8, 4) is 0 Å². The number of aromatic nitrogens is 2. The summed E-state index contributed by atoms with van der Waals surface area (Å²) in [7, 11) is 2.01. The first-order chi connectivity index (χ1) is 7.85. The van der Waals surface area contributed by atoms with Crippen molar-refractivity contribution in [3.05, 3.63) is 12.4 Å². The van der Waals surface area contributed by atoms with E-state index >= 15 is 0 Å². The van der Waals surface area contributed by atoms with E-state index in [1.165, 1.54) is 0 Å². The zero-order chi connectivity index (χ0) is 12.6. The molecule has 0 aromatic carbocycles. The Labute approximate surface area is 102 Å². The van der Waals surface area contributed by atoms with Gasteiger partial charge in [-0.3, -0.25) is 4.68 Å². The van der Waals surface area contributed by atoms with Crippen molar-refractivity contribution in [3.63, 3.8) is 0 Å². The minimum absolute atomic E-state index is 0.238. The van der Waals surface area contributed by atoms with Crippen molar-refractivity contribution < 1.29 is 9.53 Å². The molecule has 1 aromatic heterocycles. The van der Waals surface area contributed by atoms with E-state index in [4.69, 9.17) is 4.74 Å². The van der Waals surface area contributed by atoms with Crippen molar-refractivity contribution >= 4 is 19.4 Å². The molecule has 2 heterocycles. The van der Waals surface area contributed by atoms with Gasteiger partial charge in [-0.1, -0.05) is 5.46 Å². The molecule has 0 spiro atoms. The molecule has 6 heteroatoms. The van der Waals surface area contributed by atoms with Gasteiger partial charge in [0.15, 0.2) is 0 Å². The van der Waals surface area contributed by atoms with Gasteiger partial charge < -0.3 is 9.64 Å². The molecule has 1 fully saturated rings. The molecular formula is C11H18BN3O2. The number of hydrogen-bond donors (Lipinski definition) is 0. The van der Waals surface area contributed by atoms with Crippen LogP contribution in [0.25, 0.3) is 0 Å². The Kier molecular flexibility index (Phi) is 2.89. The summed E-state index contributed by atoms with van der Waals surface area (Å²) in [5, 5.41) is 4.24. The predicted molar refractivity (Wildman–Crippen MR) is 67.2 cm³/mol. The first-order valence-electron chi connectivity index (χ1n) is 5.84. The molecule has 1 amide bonds. The number of nitrogens with zero attached hydrogens (tertiary/aromatic N) is 3. The maximum absolute atomic E-state index is 11.7. The second kappa shape index (κ2) is 4.09. The molecule has 5 nitrogen and oxygen atoms in total. The molecule has 1 aliphatic rings. The Morgan fingerprint density at radius 3 is 2.65 bits per heavy atom. The van der Waals surface area contributed by atoms with Crippen LogP contribution in [0, 0.1) is 0 Å². The summed E-state index contributed by atoms with van der Waals surface area (Å²) in [6.07, 6.45) is 3.59. The molecule has 0 saturated carbocycles. The highest BCUT2D eigenvalue weighted by atomic mass is 16.6. The normalized spacial score (nSPS) is 16.8. The second-order valence-corrected chi connectivity index (χ2v) is 5.54. The van der Waals surface area contributed by atoms with Gasteiger partial charge in [-0.25, -0.2) is 4.79 Å². The van der Waals surface area contributed by atoms with Gasteiger partial charge >= 0.3 is 6.09 Å². The second-order valence-electron chi connectivity index (χ2n) is 5.54. The Morgan fingerprint density at radius 1 is 1.53 bits per heavy atom. The molecule has 92 valence electrons. The molecule has 0 radical (unpaired) electrons. The zero-order valence-electron chi connectivity index (χ0n) is 10.8. The average molecular weight is 235 g/mol. The fourth-order valence-electron chi connectivity index (χ4n) is 1.73. The molecule has 1 aromatic rings. The van der Waals surface area contributed by atoms with E-state index in [2.05, 4.69) is 5.10 Å². The monoisotopic (exact) mass is 235 g/mol. The maximum atomic E-state index is 11.7. The van der Waals surface area contributed by atoms with Gasteiger partial charge in [-0.05, 0) is 20.8 Å². The topological polar surface area (TPSA) is 47.4 Å². The lowest BCUT2D eigenvalue weighted by atomic mass is 10.0. The zero-order valence-corrected chi connectivity index (χ0v) is 10.8. The van der Waals surface area contributed by atoms with Crippen LogP contribution in [0.3, 0.4) is 0 Å². The van der Waals surface area contributed by atoms with E-state index < -0.39 is 5.60 Å². The van der Waals surface area contributed by atoms with Crippen LogP contribution in [0.2, 0.25) is 0 Å². The number of amides is 1. The molecule has 0 N–H and O–H groups in total. The van der Waals surface area contributed by atoms with Crippen LogP contribution in [-0.2, 0) is 4.74 Å². The summed E-state index contributed by atoms with van der Waals surface area (Å²) in [6, 6.07) is 0.288. The van der Waals surface area contributed by atoms with Gasteiger partial charge in [0.25, 0.3) is 0 Å². The average Bonchev–Trinajstić information content (AvgIpc) is 2.45. The van der Waals surface area contributed by atoms with Crippen LogP contribution in [0.15, 0.2) is 12.4 Å². The largest absolute Gasteiger partial charge is 0.444 e. The highest BCUT2D eigenvalue weighted by Crippen LogP contribution is 2.22. The number of carbonyl (C=O) groups is 1. The van der Waals surface area contributed by atoms with E-state index in [-0.39, 0.29) is 12.1 Å². The Hall–Kier alpha value is -1.46. The Balaban J connectivity index is 1.85. The lowest BCUT2D eigenvalue weighted by molar-refractivity contribution is -0.000374. The highest BCUT2D eigenvalue weighted by Gasteiger charge is 2.34. The van der Waals surface area contributed by atoms with Gasteiger partial charge in [-0.2, -0.15) is 5.10 Å². The van der Waals surface area contributed by atoms with Gasteiger partial charge in [0, 0.05) is 25.5 Å². The summed E-state index contributed by atoms with van der Waals surface area (Å²) in [5.74, 6) is 0. The molecule has 0 atom stereocenters. The smallest absolute Gasteiger partial charge is 0.410 e. The highest BCUT2D eigenvalue weighted by molar-refractivity contribution is 6.31. The third-order valence-electron chi connectivity index (χ3n) is 2.62. The summed E-state index contributed by atoms with van der Waals surface area (Å²) in [4.78, 5) is 13.4. The van der Waals surface area contributed by atoms with Crippen molar-refractivity contribution in [2.45, 2.75) is 32.4 Å². The fraction of sp³-hybridized carbons (Fsp3) is 0.636. The summed E-state index contributed by atoms with van der Waals surface area (Å²) < 4.78 is 7.20. The Morgan fingerprint density at radius 2 is 2.18 bits per heavy atom. The molecule has 0 aliphatic carbocycles. The molecule has 0 bridgehead atoms. The van der Waals surface area contributed by atoms with Gasteiger partial charge in [0.2, 0.25) is 0 Å². The van der Waals surface area contributed by atoms with Crippen molar-refractivity contribution in [2.24, 2.45) is 0 Å². The van der Waals surface area contributed by atoms with Crippen LogP contribution in [0.5, 0.6) is 0 Å². The molecule has 1 aliphatic heterocycles. The molecular weight excluding hydrogens is 217 g/mol. The van der Waals surface area contributed by atoms with Crippen LogP contribution < -0.4 is 5.46 Å². The summed E-state index contributed by atoms with van der Waals surface area (Å²) in [6.45, 7) is 6.98. The van der Waals surface area contributed by atoms with E-state index in [0.29, 0.717) is 13.1 Å². The first kappa shape index (κ1) is 12.0. The van der Waals surface area contributed by atoms with Crippen LogP contribution >= 0.6 is 0 Å². The Bertz CT molecular complexity index is 419. The quantitative estimate of drug-likeness (QED) is 0.640. The van der Waals surface area contributed by atoms with Crippen molar-refractivity contribution in [1.82, 2.24) is 14.7 Å². The summed E-state index contributed by atoms with van der Waals surface area (Å²) in [5.41, 5.74) is 0.713. The molecule has 17 heavy (non-hydrogen) atoms. The maximum Gasteiger partial charge on any atom is 0.410 e. The van der Waals surface area contributed by atoms with E-state index in [9.17, 15) is 4.79 Å². The molecule has 2 rings (SSSR count). The SMILES string of the molecule is Bc1cnn(C2CN(C(=O)OC(C)(C)C)C2)c1. The number of likely N-dealkylation sites (tertiary alicyclic amines) is 1. The lowest BCUT2D eigenvalue weighted by Gasteiger charge is -2.39. The number of carbonyl (C=O) groups excluding carboxylic acids is 1. The number of rotatable bonds is 1. The standard InChI is InChI=1S/C11H18BN3O2/c1-11(2,3)17-10(16)14-6-9(7-14)15-5-8(12)4-13-15/h4-5,9H,6-7,12H2,1-3H3. The minimum Gasteiger partial charge on any atom is -0.444 e. The van der Waals surface area contributed by atoms with Crippen molar-refractivity contribution in [2.75, 3.05) is 13.1 Å².